The fourth-order valence-electron chi connectivity index (χ4n) is 0. The zero-order valence-electron chi connectivity index (χ0n) is 10.4. The third kappa shape index (κ3) is 216. The number of aliphatic carboxylic acids is 1. The van der Waals surface area contributed by atoms with Crippen LogP contribution in [0.1, 0.15) is 42.0 Å². The molecule has 0 saturated heterocycles. The molecule has 0 rings (SSSR count). The monoisotopic (exact) mass is 232 g/mol. The lowest BCUT2D eigenvalue weighted by Gasteiger charge is -2.05. The number of carboxylic acid groups (broad SMARTS) is 1. The van der Waals surface area contributed by atoms with Crippen molar-refractivity contribution in [3.63, 3.8) is 0 Å². The predicted octanol–water partition coefficient (Wildman–Crippen LogP) is 3.50. The molecule has 98 valence electrons. The van der Waals surface area contributed by atoms with Crippen molar-refractivity contribution < 1.29 is 15.0 Å². The summed E-state index contributed by atoms with van der Waals surface area (Å²) in [5.74, 6) is -0.981. The summed E-state index contributed by atoms with van der Waals surface area (Å²) in [5.41, 5.74) is 0.500. The minimum absolute atomic E-state index is 0. The van der Waals surface area contributed by atoms with E-state index >= 15 is 0 Å². The Balaban J connectivity index is -0.0000000655. The first kappa shape index (κ1) is 24.2. The summed E-state index contributed by atoms with van der Waals surface area (Å²) in [6, 6.07) is 0. The van der Waals surface area contributed by atoms with E-state index in [2.05, 4.69) is 40.9 Å². The van der Waals surface area contributed by atoms with E-state index in [1.165, 1.54) is 6.08 Å². The van der Waals surface area contributed by atoms with Gasteiger partial charge in [0.25, 0.3) is 0 Å². The SMILES string of the molecule is C.C=CC(=O)O.C=CC(C)O.CC(C)(C)C. The molecule has 0 heterocycles. The number of hydrogen-bond acceptors (Lipinski definition) is 2. The molecule has 2 N–H and O–H groups in total. The van der Waals surface area contributed by atoms with Crippen LogP contribution in [0.2, 0.25) is 0 Å². The summed E-state index contributed by atoms with van der Waals surface area (Å²) in [5, 5.41) is 15.8. The maximum absolute atomic E-state index is 9.25. The Bertz CT molecular complexity index is 170. The molecule has 0 aliphatic heterocycles. The van der Waals surface area contributed by atoms with E-state index in [1.54, 1.807) is 6.92 Å². The first-order valence-electron chi connectivity index (χ1n) is 4.70. The van der Waals surface area contributed by atoms with Gasteiger partial charge in [0, 0.05) is 6.08 Å². The Morgan fingerprint density at radius 1 is 1.25 bits per heavy atom. The largest absolute Gasteiger partial charge is 0.478 e. The van der Waals surface area contributed by atoms with Gasteiger partial charge in [0.15, 0.2) is 0 Å². The summed E-state index contributed by atoms with van der Waals surface area (Å²) in [6.45, 7) is 16.7. The van der Waals surface area contributed by atoms with E-state index in [4.69, 9.17) is 10.2 Å². The lowest BCUT2D eigenvalue weighted by molar-refractivity contribution is -0.131. The van der Waals surface area contributed by atoms with Gasteiger partial charge < -0.3 is 10.2 Å². The normalized spacial score (nSPS) is 10.1. The molecule has 0 spiro atoms. The second-order valence-corrected chi connectivity index (χ2v) is 4.52. The van der Waals surface area contributed by atoms with Crippen LogP contribution in [0.4, 0.5) is 0 Å². The van der Waals surface area contributed by atoms with Gasteiger partial charge in [-0.3, -0.25) is 0 Å². The van der Waals surface area contributed by atoms with Gasteiger partial charge in [-0.2, -0.15) is 0 Å². The fourth-order valence-corrected chi connectivity index (χ4v) is 0. The molecule has 0 saturated carbocycles. The zero-order valence-corrected chi connectivity index (χ0v) is 10.4. The van der Waals surface area contributed by atoms with Gasteiger partial charge >= 0.3 is 5.97 Å². The van der Waals surface area contributed by atoms with E-state index in [1.807, 2.05) is 0 Å². The summed E-state index contributed by atoms with van der Waals surface area (Å²) in [7, 11) is 0. The topological polar surface area (TPSA) is 57.5 Å². The van der Waals surface area contributed by atoms with Crippen molar-refractivity contribution in [2.75, 3.05) is 0 Å². The molecule has 1 unspecified atom stereocenters. The quantitative estimate of drug-likeness (QED) is 0.566. The average Bonchev–Trinajstić information content (AvgIpc) is 2.02. The summed E-state index contributed by atoms with van der Waals surface area (Å²) in [4.78, 5) is 9.25. The van der Waals surface area contributed by atoms with E-state index < -0.39 is 5.97 Å². The minimum atomic E-state index is -0.981. The highest BCUT2D eigenvalue weighted by atomic mass is 16.4. The number of hydrogen-bond donors (Lipinski definition) is 2. The van der Waals surface area contributed by atoms with Crippen molar-refractivity contribution in [1.82, 2.24) is 0 Å². The second kappa shape index (κ2) is 13.9. The van der Waals surface area contributed by atoms with Crippen LogP contribution in [-0.2, 0) is 4.79 Å². The van der Waals surface area contributed by atoms with Gasteiger partial charge in [-0.15, -0.1) is 6.58 Å². The average molecular weight is 232 g/mol. The Morgan fingerprint density at radius 3 is 1.38 bits per heavy atom. The number of rotatable bonds is 2. The smallest absolute Gasteiger partial charge is 0.327 e. The Morgan fingerprint density at radius 2 is 1.38 bits per heavy atom. The van der Waals surface area contributed by atoms with E-state index in [0.29, 0.717) is 5.41 Å². The Kier molecular flexibility index (Phi) is 21.1. The highest BCUT2D eigenvalue weighted by Gasteiger charge is 1.95. The molecular weight excluding hydrogens is 204 g/mol. The van der Waals surface area contributed by atoms with Crippen LogP contribution in [0.15, 0.2) is 25.3 Å². The van der Waals surface area contributed by atoms with Crippen molar-refractivity contribution in [1.29, 1.82) is 0 Å². The summed E-state index contributed by atoms with van der Waals surface area (Å²) in [6.07, 6.45) is 1.95. The van der Waals surface area contributed by atoms with Gasteiger partial charge in [-0.05, 0) is 12.3 Å². The van der Waals surface area contributed by atoms with Gasteiger partial charge in [0.2, 0.25) is 0 Å². The molecule has 0 bridgehead atoms. The van der Waals surface area contributed by atoms with Crippen LogP contribution in [0.5, 0.6) is 0 Å². The number of carboxylic acids is 1. The molecule has 3 nitrogen and oxygen atoms in total. The number of aliphatic hydroxyl groups is 1. The number of carbonyl (C=O) groups is 1. The maximum Gasteiger partial charge on any atom is 0.327 e. The van der Waals surface area contributed by atoms with E-state index in [9.17, 15) is 4.79 Å². The molecule has 0 aromatic carbocycles. The van der Waals surface area contributed by atoms with Crippen molar-refractivity contribution in [3.8, 4) is 0 Å². The molecule has 3 heteroatoms. The standard InChI is InChI=1S/C5H12.C4H8O.C3H4O2.CH4/c1-5(2,3)4;1-3-4(2)5;1-2-3(4)5;/h1-4H3;3-5H,1H2,2H3;2H,1H2,(H,4,5);1H4. The molecule has 0 aromatic heterocycles. The fraction of sp³-hybridized carbons (Fsp3) is 0.615. The Hall–Kier alpha value is -1.09. The number of aliphatic hydroxyl groups excluding tert-OH is 1. The third-order valence-electron chi connectivity index (χ3n) is 0.516. The molecule has 0 aliphatic rings. The maximum atomic E-state index is 9.25. The van der Waals surface area contributed by atoms with Gasteiger partial charge in [-0.25, -0.2) is 4.79 Å². The van der Waals surface area contributed by atoms with Crippen LogP contribution in [-0.4, -0.2) is 22.3 Å². The predicted molar refractivity (Wildman–Crippen MR) is 71.6 cm³/mol. The van der Waals surface area contributed by atoms with Crippen molar-refractivity contribution >= 4 is 5.97 Å². The van der Waals surface area contributed by atoms with Crippen LogP contribution in [0.3, 0.4) is 0 Å². The van der Waals surface area contributed by atoms with Crippen molar-refractivity contribution in [3.05, 3.63) is 25.3 Å². The lowest BCUT2D eigenvalue weighted by Crippen LogP contribution is -1.93. The molecular formula is C13H28O3. The first-order chi connectivity index (χ1) is 6.54. The first-order valence-corrected chi connectivity index (χ1v) is 4.70. The van der Waals surface area contributed by atoms with E-state index in [-0.39, 0.29) is 13.5 Å². The zero-order chi connectivity index (χ0) is 13.1. The third-order valence-corrected chi connectivity index (χ3v) is 0.516. The van der Waals surface area contributed by atoms with Gasteiger partial charge in [0.05, 0.1) is 6.10 Å². The molecule has 0 radical (unpaired) electrons. The van der Waals surface area contributed by atoms with Crippen LogP contribution >= 0.6 is 0 Å². The van der Waals surface area contributed by atoms with Crippen LogP contribution in [0, 0.1) is 5.41 Å². The molecule has 0 aromatic rings. The minimum Gasteiger partial charge on any atom is -0.478 e. The summed E-state index contributed by atoms with van der Waals surface area (Å²) < 4.78 is 0. The van der Waals surface area contributed by atoms with Gasteiger partial charge in [-0.1, -0.05) is 47.8 Å². The molecule has 16 heavy (non-hydrogen) atoms. The highest BCUT2D eigenvalue weighted by molar-refractivity contribution is 5.78. The Labute approximate surface area is 101 Å². The molecule has 1 atom stereocenters. The van der Waals surface area contributed by atoms with Crippen LogP contribution < -0.4 is 0 Å². The molecule has 0 aliphatic carbocycles. The second-order valence-electron chi connectivity index (χ2n) is 4.52. The van der Waals surface area contributed by atoms with Crippen molar-refractivity contribution in [2.24, 2.45) is 5.41 Å². The van der Waals surface area contributed by atoms with E-state index in [0.717, 1.165) is 6.08 Å². The summed E-state index contributed by atoms with van der Waals surface area (Å²) >= 11 is 0. The highest BCUT2D eigenvalue weighted by Crippen LogP contribution is 2.08. The van der Waals surface area contributed by atoms with Crippen molar-refractivity contribution in [2.45, 2.75) is 48.1 Å². The molecule has 0 fully saturated rings. The van der Waals surface area contributed by atoms with Crippen LogP contribution in [0.25, 0.3) is 0 Å². The van der Waals surface area contributed by atoms with Gasteiger partial charge in [0.1, 0.15) is 0 Å². The lowest BCUT2D eigenvalue weighted by atomic mass is 10.0. The molecule has 0 amide bonds.